The summed E-state index contributed by atoms with van der Waals surface area (Å²) in [5, 5.41) is 13.7. The molecule has 1 saturated carbocycles. The lowest BCUT2D eigenvalue weighted by molar-refractivity contribution is 0.0381. The highest BCUT2D eigenvalue weighted by molar-refractivity contribution is 5.45. The molecule has 1 aromatic heterocycles. The number of anilines is 2. The van der Waals surface area contributed by atoms with E-state index in [4.69, 9.17) is 5.73 Å². The molecule has 0 aromatic carbocycles. The van der Waals surface area contributed by atoms with Crippen molar-refractivity contribution in [3.8, 4) is 0 Å². The summed E-state index contributed by atoms with van der Waals surface area (Å²) in [6.45, 7) is 0.596. The van der Waals surface area contributed by atoms with Gasteiger partial charge in [0.2, 0.25) is 0 Å². The zero-order valence-electron chi connectivity index (χ0n) is 10.2. The van der Waals surface area contributed by atoms with Crippen LogP contribution in [0.5, 0.6) is 0 Å². The van der Waals surface area contributed by atoms with Crippen LogP contribution >= 0.6 is 0 Å². The summed E-state index contributed by atoms with van der Waals surface area (Å²) < 4.78 is 0. The third-order valence-electron chi connectivity index (χ3n) is 3.44. The summed E-state index contributed by atoms with van der Waals surface area (Å²) >= 11 is 0. The molecule has 0 radical (unpaired) electrons. The molecule has 4 N–H and O–H groups in total. The van der Waals surface area contributed by atoms with Gasteiger partial charge in [-0.05, 0) is 25.0 Å². The van der Waals surface area contributed by atoms with Gasteiger partial charge in [0, 0.05) is 6.54 Å². The number of nitrogens with two attached hydrogens (primary N) is 1. The Kier molecular flexibility index (Phi) is 3.84. The first-order valence-corrected chi connectivity index (χ1v) is 6.36. The lowest BCUT2D eigenvalue weighted by atomic mass is 9.94. The van der Waals surface area contributed by atoms with Crippen LogP contribution in [0, 0.1) is 0 Å². The van der Waals surface area contributed by atoms with Crippen LogP contribution in [-0.4, -0.2) is 22.2 Å². The van der Waals surface area contributed by atoms with Crippen LogP contribution in [0.3, 0.4) is 0 Å². The van der Waals surface area contributed by atoms with Crippen molar-refractivity contribution in [3.63, 3.8) is 0 Å². The zero-order valence-corrected chi connectivity index (χ0v) is 10.2. The summed E-state index contributed by atoms with van der Waals surface area (Å²) in [4.78, 5) is 4.02. The minimum atomic E-state index is -0.558. The molecule has 94 valence electrons. The van der Waals surface area contributed by atoms with E-state index in [0.29, 0.717) is 12.4 Å². The highest BCUT2D eigenvalue weighted by Gasteiger charge is 2.27. The Morgan fingerprint density at radius 2 is 1.94 bits per heavy atom. The van der Waals surface area contributed by atoms with Crippen LogP contribution in [0.2, 0.25) is 0 Å². The molecule has 1 aliphatic carbocycles. The first-order valence-electron chi connectivity index (χ1n) is 6.36. The lowest BCUT2D eigenvalue weighted by Gasteiger charge is -2.27. The average Bonchev–Trinajstić information content (AvgIpc) is 2.54. The lowest BCUT2D eigenvalue weighted by Crippen LogP contribution is -2.36. The number of hydrogen-bond donors (Lipinski definition) is 3. The Labute approximate surface area is 102 Å². The number of aliphatic hydroxyl groups is 1. The fraction of sp³-hybridized carbons (Fsp3) is 0.615. The molecule has 1 aliphatic rings. The Morgan fingerprint density at radius 3 is 2.53 bits per heavy atom. The molecule has 0 spiro atoms. The summed E-state index contributed by atoms with van der Waals surface area (Å²) in [5.74, 6) is 0.517. The molecule has 1 aromatic rings. The standard InChI is InChI=1S/C13H21N3O/c14-12-6-5-11(9-15-12)16-10-13(17)7-3-1-2-4-8-13/h5-6,9,16-17H,1-4,7-8,10H2,(H2,14,15). The zero-order chi connectivity index (χ0) is 12.1. The Bertz CT molecular complexity index is 342. The summed E-state index contributed by atoms with van der Waals surface area (Å²) in [7, 11) is 0. The van der Waals surface area contributed by atoms with Crippen molar-refractivity contribution in [3.05, 3.63) is 18.3 Å². The molecular formula is C13H21N3O. The first kappa shape index (κ1) is 12.2. The fourth-order valence-electron chi connectivity index (χ4n) is 2.34. The number of nitrogens with one attached hydrogen (secondary N) is 1. The number of nitrogen functional groups attached to an aromatic ring is 1. The average molecular weight is 235 g/mol. The van der Waals surface area contributed by atoms with E-state index in [1.165, 1.54) is 12.8 Å². The first-order chi connectivity index (χ1) is 8.18. The van der Waals surface area contributed by atoms with Crippen molar-refractivity contribution in [2.24, 2.45) is 0 Å². The van der Waals surface area contributed by atoms with E-state index in [0.717, 1.165) is 31.4 Å². The van der Waals surface area contributed by atoms with Gasteiger partial charge in [0.15, 0.2) is 0 Å². The predicted molar refractivity (Wildman–Crippen MR) is 69.8 cm³/mol. The Morgan fingerprint density at radius 1 is 1.24 bits per heavy atom. The molecule has 17 heavy (non-hydrogen) atoms. The van der Waals surface area contributed by atoms with Crippen LogP contribution in [0.25, 0.3) is 0 Å². The SMILES string of the molecule is Nc1ccc(NCC2(O)CCCCCC2)cn1. The molecule has 1 heterocycles. The minimum Gasteiger partial charge on any atom is -0.388 e. The van der Waals surface area contributed by atoms with Crippen molar-refractivity contribution < 1.29 is 5.11 Å². The fourth-order valence-corrected chi connectivity index (χ4v) is 2.34. The Hall–Kier alpha value is -1.29. The van der Waals surface area contributed by atoms with Gasteiger partial charge in [0.05, 0.1) is 17.5 Å². The van der Waals surface area contributed by atoms with Crippen LogP contribution in [-0.2, 0) is 0 Å². The van der Waals surface area contributed by atoms with Crippen LogP contribution in [0.4, 0.5) is 11.5 Å². The summed E-state index contributed by atoms with van der Waals surface area (Å²) in [6, 6.07) is 3.65. The molecule has 0 saturated heterocycles. The molecular weight excluding hydrogens is 214 g/mol. The number of nitrogens with zero attached hydrogens (tertiary/aromatic N) is 1. The quantitative estimate of drug-likeness (QED) is 0.702. The molecule has 1 fully saturated rings. The predicted octanol–water partition coefficient (Wildman–Crippen LogP) is 2.16. The normalized spacial score (nSPS) is 19.6. The largest absolute Gasteiger partial charge is 0.388 e. The number of pyridine rings is 1. The molecule has 0 bridgehead atoms. The summed E-state index contributed by atoms with van der Waals surface area (Å²) in [6.07, 6.45) is 8.22. The maximum absolute atomic E-state index is 10.5. The number of rotatable bonds is 3. The van der Waals surface area contributed by atoms with Gasteiger partial charge in [-0.3, -0.25) is 0 Å². The van der Waals surface area contributed by atoms with Gasteiger partial charge in [-0.1, -0.05) is 25.7 Å². The third-order valence-corrected chi connectivity index (χ3v) is 3.44. The van der Waals surface area contributed by atoms with E-state index in [9.17, 15) is 5.11 Å². The van der Waals surface area contributed by atoms with E-state index in [1.54, 1.807) is 12.3 Å². The topological polar surface area (TPSA) is 71.2 Å². The van der Waals surface area contributed by atoms with Crippen molar-refractivity contribution in [2.75, 3.05) is 17.6 Å². The molecule has 4 heteroatoms. The van der Waals surface area contributed by atoms with Gasteiger partial charge in [-0.25, -0.2) is 4.98 Å². The van der Waals surface area contributed by atoms with Gasteiger partial charge < -0.3 is 16.2 Å². The number of aromatic nitrogens is 1. The Balaban J connectivity index is 1.89. The molecule has 0 amide bonds. The highest BCUT2D eigenvalue weighted by Crippen LogP contribution is 2.27. The van der Waals surface area contributed by atoms with Crippen molar-refractivity contribution in [2.45, 2.75) is 44.1 Å². The van der Waals surface area contributed by atoms with E-state index < -0.39 is 5.60 Å². The van der Waals surface area contributed by atoms with Gasteiger partial charge in [-0.2, -0.15) is 0 Å². The molecule has 4 nitrogen and oxygen atoms in total. The molecule has 2 rings (SSSR count). The van der Waals surface area contributed by atoms with Crippen LogP contribution in [0.1, 0.15) is 38.5 Å². The minimum absolute atomic E-state index is 0.517. The smallest absolute Gasteiger partial charge is 0.123 e. The third kappa shape index (κ3) is 3.60. The van der Waals surface area contributed by atoms with Crippen molar-refractivity contribution >= 4 is 11.5 Å². The van der Waals surface area contributed by atoms with Gasteiger partial charge >= 0.3 is 0 Å². The van der Waals surface area contributed by atoms with Crippen LogP contribution in [0.15, 0.2) is 18.3 Å². The van der Waals surface area contributed by atoms with Crippen LogP contribution < -0.4 is 11.1 Å². The van der Waals surface area contributed by atoms with E-state index in [-0.39, 0.29) is 0 Å². The van der Waals surface area contributed by atoms with E-state index in [1.807, 2.05) is 6.07 Å². The maximum atomic E-state index is 10.5. The van der Waals surface area contributed by atoms with Gasteiger partial charge in [0.1, 0.15) is 5.82 Å². The number of hydrogen-bond acceptors (Lipinski definition) is 4. The maximum Gasteiger partial charge on any atom is 0.123 e. The second-order valence-electron chi connectivity index (χ2n) is 4.96. The summed E-state index contributed by atoms with van der Waals surface area (Å²) in [5.41, 5.74) is 5.88. The molecule has 0 atom stereocenters. The van der Waals surface area contributed by atoms with Gasteiger partial charge in [0.25, 0.3) is 0 Å². The van der Waals surface area contributed by atoms with E-state index in [2.05, 4.69) is 10.3 Å². The van der Waals surface area contributed by atoms with Crippen molar-refractivity contribution in [1.29, 1.82) is 0 Å². The second kappa shape index (κ2) is 5.36. The molecule has 0 aliphatic heterocycles. The van der Waals surface area contributed by atoms with Gasteiger partial charge in [-0.15, -0.1) is 0 Å². The second-order valence-corrected chi connectivity index (χ2v) is 4.96. The molecule has 0 unspecified atom stereocenters. The van der Waals surface area contributed by atoms with Crippen molar-refractivity contribution in [1.82, 2.24) is 4.98 Å². The van der Waals surface area contributed by atoms with E-state index >= 15 is 0 Å². The monoisotopic (exact) mass is 235 g/mol. The highest BCUT2D eigenvalue weighted by atomic mass is 16.3.